The van der Waals surface area contributed by atoms with Crippen LogP contribution >= 0.6 is 0 Å². The number of hydrogen-bond donors (Lipinski definition) is 0. The van der Waals surface area contributed by atoms with Gasteiger partial charge in [0.2, 0.25) is 0 Å². The zero-order valence-electron chi connectivity index (χ0n) is 9.65. The summed E-state index contributed by atoms with van der Waals surface area (Å²) in [4.78, 5) is 0. The van der Waals surface area contributed by atoms with Crippen molar-refractivity contribution in [3.8, 4) is 0 Å². The number of rotatable bonds is 1. The van der Waals surface area contributed by atoms with Gasteiger partial charge in [-0.15, -0.1) is 0 Å². The fourth-order valence-corrected chi connectivity index (χ4v) is 4.25. The molecule has 2 rings (SSSR count). The van der Waals surface area contributed by atoms with Gasteiger partial charge in [-0.2, -0.15) is 0 Å². The molecule has 0 bridgehead atoms. The zero-order chi connectivity index (χ0) is 11.6. The molecule has 0 saturated carbocycles. The summed E-state index contributed by atoms with van der Waals surface area (Å²) < 4.78 is 23.5. The molecule has 2 nitrogen and oxygen atoms in total. The van der Waals surface area contributed by atoms with Gasteiger partial charge in [0.15, 0.2) is 9.84 Å². The van der Waals surface area contributed by atoms with Gasteiger partial charge in [-0.3, -0.25) is 0 Å². The third kappa shape index (κ3) is 2.64. The minimum Gasteiger partial charge on any atom is -0.229 e. The SMILES string of the molecule is Cc1ccccc1C1CCCCS(=O)(=O)C1. The zero-order valence-corrected chi connectivity index (χ0v) is 10.5. The largest absolute Gasteiger partial charge is 0.229 e. The molecule has 16 heavy (non-hydrogen) atoms. The van der Waals surface area contributed by atoms with Crippen LogP contribution in [0.5, 0.6) is 0 Å². The van der Waals surface area contributed by atoms with Gasteiger partial charge in [0.25, 0.3) is 0 Å². The Balaban J connectivity index is 2.30. The van der Waals surface area contributed by atoms with E-state index in [-0.39, 0.29) is 5.92 Å². The van der Waals surface area contributed by atoms with Gasteiger partial charge < -0.3 is 0 Å². The second-order valence-electron chi connectivity index (χ2n) is 4.66. The molecule has 1 atom stereocenters. The minimum atomic E-state index is -2.83. The van der Waals surface area contributed by atoms with E-state index in [9.17, 15) is 8.42 Å². The van der Waals surface area contributed by atoms with E-state index in [0.717, 1.165) is 19.3 Å². The van der Waals surface area contributed by atoms with Crippen LogP contribution in [0.2, 0.25) is 0 Å². The molecule has 0 radical (unpaired) electrons. The smallest absolute Gasteiger partial charge is 0.150 e. The first kappa shape index (κ1) is 11.6. The number of sulfone groups is 1. The third-order valence-corrected chi connectivity index (χ3v) is 5.16. The normalized spacial score (nSPS) is 24.9. The van der Waals surface area contributed by atoms with Crippen molar-refractivity contribution in [1.82, 2.24) is 0 Å². The van der Waals surface area contributed by atoms with Gasteiger partial charge in [-0.1, -0.05) is 30.7 Å². The van der Waals surface area contributed by atoms with E-state index in [2.05, 4.69) is 19.1 Å². The Kier molecular flexibility index (Phi) is 3.33. The lowest BCUT2D eigenvalue weighted by atomic mass is 9.92. The standard InChI is InChI=1S/C13H18O2S/c1-11-6-2-3-8-13(11)12-7-4-5-9-16(14,15)10-12/h2-3,6,8,12H,4-5,7,9-10H2,1H3. The molecular formula is C13H18O2S. The van der Waals surface area contributed by atoms with Crippen molar-refractivity contribution in [2.45, 2.75) is 32.1 Å². The Morgan fingerprint density at radius 2 is 1.94 bits per heavy atom. The molecule has 0 spiro atoms. The first-order chi connectivity index (χ1) is 7.58. The summed E-state index contributed by atoms with van der Waals surface area (Å²) in [5, 5.41) is 0. The van der Waals surface area contributed by atoms with Crippen molar-refractivity contribution >= 4 is 9.84 Å². The third-order valence-electron chi connectivity index (χ3n) is 3.34. The van der Waals surface area contributed by atoms with Crippen LogP contribution in [-0.4, -0.2) is 19.9 Å². The maximum absolute atomic E-state index is 11.8. The van der Waals surface area contributed by atoms with Gasteiger partial charge in [-0.05, 0) is 36.8 Å². The summed E-state index contributed by atoms with van der Waals surface area (Å²) in [5.41, 5.74) is 2.43. The molecule has 88 valence electrons. The van der Waals surface area contributed by atoms with E-state index < -0.39 is 9.84 Å². The van der Waals surface area contributed by atoms with E-state index in [4.69, 9.17) is 0 Å². The second kappa shape index (κ2) is 4.58. The van der Waals surface area contributed by atoms with Crippen LogP contribution in [-0.2, 0) is 9.84 Å². The van der Waals surface area contributed by atoms with E-state index in [1.165, 1.54) is 11.1 Å². The summed E-state index contributed by atoms with van der Waals surface area (Å²) in [7, 11) is -2.83. The van der Waals surface area contributed by atoms with Crippen LogP contribution in [0, 0.1) is 6.92 Å². The lowest BCUT2D eigenvalue weighted by molar-refractivity contribution is 0.590. The Labute approximate surface area is 97.6 Å². The summed E-state index contributed by atoms with van der Waals surface area (Å²) in [6.07, 6.45) is 2.85. The first-order valence-electron chi connectivity index (χ1n) is 5.84. The maximum atomic E-state index is 11.8. The molecule has 1 saturated heterocycles. The van der Waals surface area contributed by atoms with Crippen molar-refractivity contribution in [3.63, 3.8) is 0 Å². The molecule has 1 aromatic rings. The quantitative estimate of drug-likeness (QED) is 0.754. The van der Waals surface area contributed by atoms with E-state index >= 15 is 0 Å². The highest BCUT2D eigenvalue weighted by molar-refractivity contribution is 7.91. The fraction of sp³-hybridized carbons (Fsp3) is 0.538. The van der Waals surface area contributed by atoms with Crippen LogP contribution in [0.15, 0.2) is 24.3 Å². The van der Waals surface area contributed by atoms with Crippen molar-refractivity contribution in [1.29, 1.82) is 0 Å². The van der Waals surface area contributed by atoms with Gasteiger partial charge in [0, 0.05) is 0 Å². The van der Waals surface area contributed by atoms with Crippen molar-refractivity contribution in [2.24, 2.45) is 0 Å². The molecule has 1 aliphatic heterocycles. The van der Waals surface area contributed by atoms with Gasteiger partial charge in [0.1, 0.15) is 0 Å². The summed E-state index contributed by atoms with van der Waals surface area (Å²) in [6, 6.07) is 8.14. The van der Waals surface area contributed by atoms with Gasteiger partial charge in [0.05, 0.1) is 11.5 Å². The molecule has 0 aromatic heterocycles. The second-order valence-corrected chi connectivity index (χ2v) is 6.89. The molecule has 1 unspecified atom stereocenters. The topological polar surface area (TPSA) is 34.1 Å². The molecular weight excluding hydrogens is 220 g/mol. The van der Waals surface area contributed by atoms with Crippen LogP contribution in [0.25, 0.3) is 0 Å². The van der Waals surface area contributed by atoms with E-state index in [0.29, 0.717) is 11.5 Å². The monoisotopic (exact) mass is 238 g/mol. The van der Waals surface area contributed by atoms with Crippen molar-refractivity contribution in [2.75, 3.05) is 11.5 Å². The van der Waals surface area contributed by atoms with Crippen LogP contribution in [0.3, 0.4) is 0 Å². The fourth-order valence-electron chi connectivity index (χ4n) is 2.48. The lowest BCUT2D eigenvalue weighted by Gasteiger charge is -2.16. The van der Waals surface area contributed by atoms with Gasteiger partial charge >= 0.3 is 0 Å². The highest BCUT2D eigenvalue weighted by Gasteiger charge is 2.24. The van der Waals surface area contributed by atoms with E-state index in [1.807, 2.05) is 12.1 Å². The predicted molar refractivity (Wildman–Crippen MR) is 66.4 cm³/mol. The highest BCUT2D eigenvalue weighted by atomic mass is 32.2. The van der Waals surface area contributed by atoms with Gasteiger partial charge in [-0.25, -0.2) is 8.42 Å². The molecule has 1 aromatic carbocycles. The van der Waals surface area contributed by atoms with Crippen molar-refractivity contribution < 1.29 is 8.42 Å². The van der Waals surface area contributed by atoms with Crippen molar-refractivity contribution in [3.05, 3.63) is 35.4 Å². The molecule has 1 heterocycles. The Hall–Kier alpha value is -0.830. The van der Waals surface area contributed by atoms with Crippen LogP contribution in [0.4, 0.5) is 0 Å². The summed E-state index contributed by atoms with van der Waals surface area (Å²) in [5.74, 6) is 0.904. The van der Waals surface area contributed by atoms with Crippen LogP contribution < -0.4 is 0 Å². The summed E-state index contributed by atoms with van der Waals surface area (Å²) >= 11 is 0. The molecule has 0 aliphatic carbocycles. The number of benzene rings is 1. The average molecular weight is 238 g/mol. The van der Waals surface area contributed by atoms with E-state index in [1.54, 1.807) is 0 Å². The molecule has 3 heteroatoms. The molecule has 0 N–H and O–H groups in total. The number of hydrogen-bond acceptors (Lipinski definition) is 2. The minimum absolute atomic E-state index is 0.202. The molecule has 1 aliphatic rings. The highest BCUT2D eigenvalue weighted by Crippen LogP contribution is 2.29. The summed E-state index contributed by atoms with van der Waals surface area (Å²) in [6.45, 7) is 2.06. The first-order valence-corrected chi connectivity index (χ1v) is 7.66. The predicted octanol–water partition coefficient (Wildman–Crippen LogP) is 2.68. The average Bonchev–Trinajstić information content (AvgIpc) is 2.40. The molecule has 1 fully saturated rings. The Morgan fingerprint density at radius 3 is 2.69 bits per heavy atom. The van der Waals surface area contributed by atoms with Crippen LogP contribution in [0.1, 0.15) is 36.3 Å². The maximum Gasteiger partial charge on any atom is 0.150 e. The Bertz CT molecular complexity index is 463. The lowest BCUT2D eigenvalue weighted by Crippen LogP contribution is -2.15. The molecule has 0 amide bonds. The number of aryl methyl sites for hydroxylation is 1. The Morgan fingerprint density at radius 1 is 1.19 bits per heavy atom.